The molecule has 9 heteroatoms. The third-order valence-corrected chi connectivity index (χ3v) is 7.96. The lowest BCUT2D eigenvalue weighted by Gasteiger charge is -2.30. The highest BCUT2D eigenvalue weighted by atomic mass is 32.2. The molecule has 0 bridgehead atoms. The van der Waals surface area contributed by atoms with Crippen LogP contribution in [0.3, 0.4) is 0 Å². The van der Waals surface area contributed by atoms with Gasteiger partial charge in [-0.2, -0.15) is 4.31 Å². The van der Waals surface area contributed by atoms with Crippen molar-refractivity contribution in [2.75, 3.05) is 37.0 Å². The molecule has 0 aromatic heterocycles. The fourth-order valence-corrected chi connectivity index (χ4v) is 5.68. The molecule has 0 spiro atoms. The fraction of sp³-hybridized carbons (Fsp3) is 0.391. The Morgan fingerprint density at radius 3 is 2.34 bits per heavy atom. The lowest BCUT2D eigenvalue weighted by Crippen LogP contribution is -2.41. The lowest BCUT2D eigenvalue weighted by molar-refractivity contribution is -0.121. The average molecular weight is 458 g/mol. The van der Waals surface area contributed by atoms with Crippen molar-refractivity contribution in [3.63, 3.8) is 0 Å². The van der Waals surface area contributed by atoms with E-state index in [1.54, 1.807) is 48.4 Å². The van der Waals surface area contributed by atoms with Crippen molar-refractivity contribution in [1.29, 1.82) is 0 Å². The van der Waals surface area contributed by atoms with Crippen molar-refractivity contribution in [1.82, 2.24) is 4.31 Å². The molecular weight excluding hydrogens is 430 g/mol. The van der Waals surface area contributed by atoms with E-state index in [0.717, 1.165) is 12.1 Å². The minimum atomic E-state index is -3.66. The van der Waals surface area contributed by atoms with E-state index >= 15 is 0 Å². The highest BCUT2D eigenvalue weighted by Crippen LogP contribution is 2.29. The minimum Gasteiger partial charge on any atom is -0.495 e. The van der Waals surface area contributed by atoms with Crippen LogP contribution in [-0.2, 0) is 19.6 Å². The first kappa shape index (κ1) is 22.3. The van der Waals surface area contributed by atoms with Crippen molar-refractivity contribution in [2.45, 2.75) is 30.6 Å². The van der Waals surface area contributed by atoms with Gasteiger partial charge in [0.1, 0.15) is 5.75 Å². The predicted octanol–water partition coefficient (Wildman–Crippen LogP) is 2.86. The van der Waals surface area contributed by atoms with Gasteiger partial charge in [0, 0.05) is 37.7 Å². The topological polar surface area (TPSA) is 96.0 Å². The van der Waals surface area contributed by atoms with Crippen LogP contribution in [0.4, 0.5) is 11.4 Å². The van der Waals surface area contributed by atoms with E-state index in [0.29, 0.717) is 37.2 Å². The van der Waals surface area contributed by atoms with E-state index in [1.807, 2.05) is 12.1 Å². The van der Waals surface area contributed by atoms with Crippen LogP contribution >= 0.6 is 0 Å². The molecule has 2 aliphatic heterocycles. The van der Waals surface area contributed by atoms with Crippen LogP contribution in [0.5, 0.6) is 5.75 Å². The second-order valence-electron chi connectivity index (χ2n) is 8.01. The van der Waals surface area contributed by atoms with Crippen molar-refractivity contribution >= 4 is 33.2 Å². The van der Waals surface area contributed by atoms with Crippen LogP contribution in [0.15, 0.2) is 53.4 Å². The number of anilines is 2. The van der Waals surface area contributed by atoms with Gasteiger partial charge in [0.25, 0.3) is 0 Å². The van der Waals surface area contributed by atoms with Crippen LogP contribution in [0.2, 0.25) is 0 Å². The van der Waals surface area contributed by atoms with E-state index in [-0.39, 0.29) is 35.7 Å². The summed E-state index contributed by atoms with van der Waals surface area (Å²) in [5, 5.41) is 2.89. The van der Waals surface area contributed by atoms with Gasteiger partial charge in [0.2, 0.25) is 21.8 Å². The number of rotatable bonds is 6. The van der Waals surface area contributed by atoms with Crippen LogP contribution < -0.4 is 15.0 Å². The summed E-state index contributed by atoms with van der Waals surface area (Å²) in [6.07, 6.45) is 2.24. The maximum atomic E-state index is 13.1. The molecule has 2 heterocycles. The van der Waals surface area contributed by atoms with Crippen molar-refractivity contribution in [3.8, 4) is 5.75 Å². The Balaban J connectivity index is 1.37. The number of benzene rings is 2. The fourth-order valence-electron chi connectivity index (χ4n) is 4.21. The van der Waals surface area contributed by atoms with E-state index in [1.165, 1.54) is 4.31 Å². The highest BCUT2D eigenvalue weighted by molar-refractivity contribution is 7.89. The maximum absolute atomic E-state index is 13.1. The number of ether oxygens (including phenoxy) is 1. The smallest absolute Gasteiger partial charge is 0.243 e. The molecular formula is C23H27N3O5S. The second-order valence-corrected chi connectivity index (χ2v) is 9.95. The zero-order valence-electron chi connectivity index (χ0n) is 18.0. The Bertz CT molecular complexity index is 1090. The first-order valence-electron chi connectivity index (χ1n) is 10.7. The molecule has 4 rings (SSSR count). The summed E-state index contributed by atoms with van der Waals surface area (Å²) in [6.45, 7) is 1.22. The standard InChI is InChI=1S/C23H27N3O5S/c1-31-21-6-3-2-5-20(21)24-23(28)17-12-15-25(16-13-17)32(29,30)19-10-8-18(9-11-19)26-14-4-7-22(26)27/h2-3,5-6,8-11,17H,4,7,12-16H2,1H3,(H,24,28). The Morgan fingerprint density at radius 1 is 1.03 bits per heavy atom. The molecule has 0 atom stereocenters. The maximum Gasteiger partial charge on any atom is 0.243 e. The number of methoxy groups -OCH3 is 1. The summed E-state index contributed by atoms with van der Waals surface area (Å²) in [7, 11) is -2.11. The molecule has 32 heavy (non-hydrogen) atoms. The summed E-state index contributed by atoms with van der Waals surface area (Å²) in [6, 6.07) is 13.7. The quantitative estimate of drug-likeness (QED) is 0.720. The van der Waals surface area contributed by atoms with Gasteiger partial charge in [-0.05, 0) is 55.7 Å². The zero-order valence-corrected chi connectivity index (χ0v) is 18.8. The van der Waals surface area contributed by atoms with Crippen molar-refractivity contribution in [2.24, 2.45) is 5.92 Å². The summed E-state index contributed by atoms with van der Waals surface area (Å²) in [5.41, 5.74) is 1.32. The number of nitrogens with one attached hydrogen (secondary N) is 1. The van der Waals surface area contributed by atoms with Gasteiger partial charge in [-0.25, -0.2) is 8.42 Å². The average Bonchev–Trinajstić information content (AvgIpc) is 3.25. The largest absolute Gasteiger partial charge is 0.495 e. The number of hydrogen-bond donors (Lipinski definition) is 1. The Morgan fingerprint density at radius 2 is 1.72 bits per heavy atom. The normalized spacial score (nSPS) is 18.0. The molecule has 0 aliphatic carbocycles. The molecule has 0 saturated carbocycles. The Hall–Kier alpha value is -2.91. The van der Waals surface area contributed by atoms with E-state index in [9.17, 15) is 18.0 Å². The van der Waals surface area contributed by atoms with Crippen LogP contribution in [0.25, 0.3) is 0 Å². The van der Waals surface area contributed by atoms with Gasteiger partial charge >= 0.3 is 0 Å². The van der Waals surface area contributed by atoms with Gasteiger partial charge in [0.15, 0.2) is 0 Å². The van der Waals surface area contributed by atoms with E-state index in [2.05, 4.69) is 5.32 Å². The number of hydrogen-bond acceptors (Lipinski definition) is 5. The third-order valence-electron chi connectivity index (χ3n) is 6.05. The first-order chi connectivity index (χ1) is 15.4. The van der Waals surface area contributed by atoms with Gasteiger partial charge in [-0.3, -0.25) is 9.59 Å². The number of carbonyl (C=O) groups excluding carboxylic acids is 2. The minimum absolute atomic E-state index is 0.0640. The van der Waals surface area contributed by atoms with Crippen molar-refractivity contribution in [3.05, 3.63) is 48.5 Å². The summed E-state index contributed by atoms with van der Waals surface area (Å²) in [4.78, 5) is 26.5. The molecule has 2 fully saturated rings. The molecule has 2 saturated heterocycles. The molecule has 8 nitrogen and oxygen atoms in total. The first-order valence-corrected chi connectivity index (χ1v) is 12.2. The molecule has 0 radical (unpaired) electrons. The Kier molecular flexibility index (Phi) is 6.48. The number of para-hydroxylation sites is 2. The van der Waals surface area contributed by atoms with Gasteiger partial charge in [-0.15, -0.1) is 0 Å². The molecule has 2 aromatic rings. The molecule has 1 N–H and O–H groups in total. The predicted molar refractivity (Wildman–Crippen MR) is 121 cm³/mol. The molecule has 2 aliphatic rings. The SMILES string of the molecule is COc1ccccc1NC(=O)C1CCN(S(=O)(=O)c2ccc(N3CCCC3=O)cc2)CC1. The van der Waals surface area contributed by atoms with Gasteiger partial charge in [-0.1, -0.05) is 12.1 Å². The molecule has 0 unspecified atom stereocenters. The number of carbonyl (C=O) groups is 2. The monoisotopic (exact) mass is 457 g/mol. The number of amides is 2. The van der Waals surface area contributed by atoms with E-state index < -0.39 is 10.0 Å². The summed E-state index contributed by atoms with van der Waals surface area (Å²) < 4.78 is 32.8. The van der Waals surface area contributed by atoms with Gasteiger partial charge < -0.3 is 15.0 Å². The summed E-state index contributed by atoms with van der Waals surface area (Å²) in [5.74, 6) is 0.245. The second kappa shape index (κ2) is 9.30. The highest BCUT2D eigenvalue weighted by Gasteiger charge is 2.32. The van der Waals surface area contributed by atoms with Crippen LogP contribution in [0, 0.1) is 5.92 Å². The summed E-state index contributed by atoms with van der Waals surface area (Å²) >= 11 is 0. The van der Waals surface area contributed by atoms with Crippen molar-refractivity contribution < 1.29 is 22.7 Å². The molecule has 170 valence electrons. The Labute approximate surface area is 188 Å². The molecule has 2 aromatic carbocycles. The number of piperidine rings is 1. The number of nitrogens with zero attached hydrogens (tertiary/aromatic N) is 2. The number of sulfonamides is 1. The van der Waals surface area contributed by atoms with E-state index in [4.69, 9.17) is 4.74 Å². The van der Waals surface area contributed by atoms with Gasteiger partial charge in [0.05, 0.1) is 17.7 Å². The van der Waals surface area contributed by atoms with Crippen LogP contribution in [-0.4, -0.2) is 51.3 Å². The zero-order chi connectivity index (χ0) is 22.7. The third kappa shape index (κ3) is 4.49. The van der Waals surface area contributed by atoms with Crippen LogP contribution in [0.1, 0.15) is 25.7 Å². The molecule has 2 amide bonds. The lowest BCUT2D eigenvalue weighted by atomic mass is 9.97.